The Balaban J connectivity index is 1.85. The van der Waals surface area contributed by atoms with E-state index in [0.717, 1.165) is 17.0 Å². The van der Waals surface area contributed by atoms with Crippen LogP contribution in [0.3, 0.4) is 0 Å². The standard InChI is InChI=1S/C19H18ClNO2/c1-19(2)13-21(16-5-3-4-6-17(16)23-19)18(22)12-9-14-7-10-15(20)11-8-14/h3-12H,13H2,1-2H3/b12-9+. The van der Waals surface area contributed by atoms with E-state index >= 15 is 0 Å². The highest BCUT2D eigenvalue weighted by Crippen LogP contribution is 2.36. The number of rotatable bonds is 2. The number of benzene rings is 2. The van der Waals surface area contributed by atoms with Gasteiger partial charge in [-0.3, -0.25) is 4.79 Å². The molecule has 1 heterocycles. The van der Waals surface area contributed by atoms with Gasteiger partial charge in [0, 0.05) is 11.1 Å². The monoisotopic (exact) mass is 327 g/mol. The van der Waals surface area contributed by atoms with E-state index in [2.05, 4.69) is 0 Å². The van der Waals surface area contributed by atoms with Crippen LogP contribution in [0.4, 0.5) is 5.69 Å². The molecule has 0 unspecified atom stereocenters. The van der Waals surface area contributed by atoms with Gasteiger partial charge in [0.1, 0.15) is 11.4 Å². The van der Waals surface area contributed by atoms with Crippen molar-refractivity contribution in [2.24, 2.45) is 0 Å². The number of fused-ring (bicyclic) bond motifs is 1. The Bertz CT molecular complexity index is 750. The molecule has 3 nitrogen and oxygen atoms in total. The molecular weight excluding hydrogens is 310 g/mol. The summed E-state index contributed by atoms with van der Waals surface area (Å²) >= 11 is 5.87. The predicted octanol–water partition coefficient (Wildman–Crippen LogP) is 4.56. The van der Waals surface area contributed by atoms with Crippen molar-refractivity contribution in [2.45, 2.75) is 19.4 Å². The predicted molar refractivity (Wildman–Crippen MR) is 94.0 cm³/mol. The molecule has 0 aromatic heterocycles. The molecule has 0 saturated heterocycles. The normalized spacial score (nSPS) is 16.0. The molecule has 0 fully saturated rings. The first-order valence-electron chi connectivity index (χ1n) is 7.48. The summed E-state index contributed by atoms with van der Waals surface area (Å²) in [7, 11) is 0. The summed E-state index contributed by atoms with van der Waals surface area (Å²) in [4.78, 5) is 14.4. The molecule has 4 heteroatoms. The van der Waals surface area contributed by atoms with Crippen LogP contribution in [0.25, 0.3) is 6.08 Å². The van der Waals surface area contributed by atoms with E-state index < -0.39 is 5.60 Å². The van der Waals surface area contributed by atoms with Gasteiger partial charge in [-0.15, -0.1) is 0 Å². The lowest BCUT2D eigenvalue weighted by Crippen LogP contribution is -2.48. The third-order valence-corrected chi connectivity index (χ3v) is 3.89. The third kappa shape index (κ3) is 3.57. The maximum atomic E-state index is 12.6. The van der Waals surface area contributed by atoms with Crippen LogP contribution in [0.2, 0.25) is 5.02 Å². The lowest BCUT2D eigenvalue weighted by Gasteiger charge is -2.39. The zero-order valence-corrected chi connectivity index (χ0v) is 13.9. The second-order valence-corrected chi connectivity index (χ2v) is 6.58. The average molecular weight is 328 g/mol. The van der Waals surface area contributed by atoms with E-state index in [0.29, 0.717) is 11.6 Å². The third-order valence-electron chi connectivity index (χ3n) is 3.64. The van der Waals surface area contributed by atoms with Crippen LogP contribution in [0, 0.1) is 0 Å². The molecule has 2 aromatic rings. The van der Waals surface area contributed by atoms with E-state index in [1.165, 1.54) is 0 Å². The number of para-hydroxylation sites is 2. The van der Waals surface area contributed by atoms with Crippen LogP contribution >= 0.6 is 11.6 Å². The van der Waals surface area contributed by atoms with Gasteiger partial charge in [0.2, 0.25) is 0 Å². The van der Waals surface area contributed by atoms with Crippen molar-refractivity contribution in [3.05, 3.63) is 65.2 Å². The van der Waals surface area contributed by atoms with Gasteiger partial charge in [-0.05, 0) is 49.8 Å². The van der Waals surface area contributed by atoms with E-state index in [-0.39, 0.29) is 5.91 Å². The SMILES string of the molecule is CC1(C)CN(C(=O)/C=C/c2ccc(Cl)cc2)c2ccccc2O1. The maximum absolute atomic E-state index is 12.6. The van der Waals surface area contributed by atoms with Crippen molar-refractivity contribution in [2.75, 3.05) is 11.4 Å². The van der Waals surface area contributed by atoms with Crippen molar-refractivity contribution in [3.8, 4) is 5.75 Å². The number of nitrogens with zero attached hydrogens (tertiary/aromatic N) is 1. The Morgan fingerprint density at radius 3 is 2.61 bits per heavy atom. The number of amides is 1. The molecule has 0 atom stereocenters. The number of carbonyl (C=O) groups excluding carboxylic acids is 1. The Morgan fingerprint density at radius 1 is 1.17 bits per heavy atom. The molecule has 23 heavy (non-hydrogen) atoms. The highest BCUT2D eigenvalue weighted by molar-refractivity contribution is 6.30. The second kappa shape index (κ2) is 6.09. The van der Waals surface area contributed by atoms with Crippen molar-refractivity contribution in [3.63, 3.8) is 0 Å². The van der Waals surface area contributed by atoms with Gasteiger partial charge in [-0.1, -0.05) is 35.9 Å². The Hall–Kier alpha value is -2.26. The quantitative estimate of drug-likeness (QED) is 0.757. The molecule has 0 spiro atoms. The molecular formula is C19H18ClNO2. The van der Waals surface area contributed by atoms with Gasteiger partial charge in [-0.25, -0.2) is 0 Å². The average Bonchev–Trinajstić information content (AvgIpc) is 2.52. The number of carbonyl (C=O) groups is 1. The molecule has 2 aromatic carbocycles. The van der Waals surface area contributed by atoms with Crippen LogP contribution in [-0.4, -0.2) is 18.1 Å². The van der Waals surface area contributed by atoms with Crippen molar-refractivity contribution in [1.82, 2.24) is 0 Å². The topological polar surface area (TPSA) is 29.5 Å². The smallest absolute Gasteiger partial charge is 0.251 e. The largest absolute Gasteiger partial charge is 0.484 e. The van der Waals surface area contributed by atoms with E-state index in [1.54, 1.807) is 29.2 Å². The number of ether oxygens (including phenoxy) is 1. The maximum Gasteiger partial charge on any atom is 0.251 e. The summed E-state index contributed by atoms with van der Waals surface area (Å²) < 4.78 is 5.94. The van der Waals surface area contributed by atoms with Crippen LogP contribution in [0.5, 0.6) is 5.75 Å². The highest BCUT2D eigenvalue weighted by atomic mass is 35.5. The number of halogens is 1. The lowest BCUT2D eigenvalue weighted by molar-refractivity contribution is -0.115. The summed E-state index contributed by atoms with van der Waals surface area (Å²) in [5, 5.41) is 0.678. The molecule has 0 N–H and O–H groups in total. The fraction of sp³-hybridized carbons (Fsp3) is 0.211. The minimum absolute atomic E-state index is 0.0659. The van der Waals surface area contributed by atoms with E-state index in [9.17, 15) is 4.79 Å². The first-order valence-corrected chi connectivity index (χ1v) is 7.86. The molecule has 0 bridgehead atoms. The minimum atomic E-state index is -0.419. The van der Waals surface area contributed by atoms with Gasteiger partial charge < -0.3 is 9.64 Å². The second-order valence-electron chi connectivity index (χ2n) is 6.14. The first-order chi connectivity index (χ1) is 10.9. The summed E-state index contributed by atoms with van der Waals surface area (Å²) in [5.74, 6) is 0.667. The molecule has 0 aliphatic carbocycles. The first kappa shape index (κ1) is 15.6. The molecule has 3 rings (SSSR count). The van der Waals surface area contributed by atoms with Gasteiger partial charge in [0.15, 0.2) is 0 Å². The van der Waals surface area contributed by atoms with Crippen LogP contribution in [0.15, 0.2) is 54.6 Å². The van der Waals surface area contributed by atoms with Crippen molar-refractivity contribution < 1.29 is 9.53 Å². The fourth-order valence-electron chi connectivity index (χ4n) is 2.59. The minimum Gasteiger partial charge on any atom is -0.484 e. The Morgan fingerprint density at radius 2 is 1.87 bits per heavy atom. The van der Waals surface area contributed by atoms with Gasteiger partial charge in [0.05, 0.1) is 12.2 Å². The number of anilines is 1. The molecule has 1 aliphatic heterocycles. The van der Waals surface area contributed by atoms with E-state index in [1.807, 2.05) is 50.2 Å². The molecule has 1 amide bonds. The molecule has 1 aliphatic rings. The number of hydrogen-bond acceptors (Lipinski definition) is 2. The molecule has 118 valence electrons. The van der Waals surface area contributed by atoms with Crippen LogP contribution in [-0.2, 0) is 4.79 Å². The lowest BCUT2D eigenvalue weighted by atomic mass is 10.0. The Labute approximate surface area is 141 Å². The summed E-state index contributed by atoms with van der Waals surface area (Å²) in [6, 6.07) is 15.0. The Kier molecular flexibility index (Phi) is 4.14. The summed E-state index contributed by atoms with van der Waals surface area (Å²) in [6.07, 6.45) is 3.38. The number of hydrogen-bond donors (Lipinski definition) is 0. The van der Waals surface area contributed by atoms with Crippen molar-refractivity contribution in [1.29, 1.82) is 0 Å². The molecule has 0 saturated carbocycles. The zero-order valence-electron chi connectivity index (χ0n) is 13.1. The van der Waals surface area contributed by atoms with Crippen molar-refractivity contribution >= 4 is 29.3 Å². The van der Waals surface area contributed by atoms with Gasteiger partial charge >= 0.3 is 0 Å². The van der Waals surface area contributed by atoms with E-state index in [4.69, 9.17) is 16.3 Å². The van der Waals surface area contributed by atoms with Gasteiger partial charge in [-0.2, -0.15) is 0 Å². The zero-order chi connectivity index (χ0) is 16.4. The molecule has 0 radical (unpaired) electrons. The summed E-state index contributed by atoms with van der Waals surface area (Å²) in [6.45, 7) is 4.46. The fourth-order valence-corrected chi connectivity index (χ4v) is 2.72. The van der Waals surface area contributed by atoms with Gasteiger partial charge in [0.25, 0.3) is 5.91 Å². The van der Waals surface area contributed by atoms with Crippen LogP contribution in [0.1, 0.15) is 19.4 Å². The summed E-state index contributed by atoms with van der Waals surface area (Å²) in [5.41, 5.74) is 1.32. The van der Waals surface area contributed by atoms with Crippen LogP contribution < -0.4 is 9.64 Å². The highest BCUT2D eigenvalue weighted by Gasteiger charge is 2.33.